The van der Waals surface area contributed by atoms with E-state index in [0.717, 1.165) is 5.57 Å². The second kappa shape index (κ2) is 7.43. The zero-order valence-electron chi connectivity index (χ0n) is 10.1. The molecule has 0 atom stereocenters. The van der Waals surface area contributed by atoms with E-state index in [4.69, 9.17) is 14.2 Å². The van der Waals surface area contributed by atoms with E-state index in [1.54, 1.807) is 14.2 Å². The van der Waals surface area contributed by atoms with E-state index in [2.05, 4.69) is 0 Å². The van der Waals surface area contributed by atoms with Crippen LogP contribution in [0.25, 0.3) is 0 Å². The molecule has 0 N–H and O–H groups in total. The van der Waals surface area contributed by atoms with Crippen LogP contribution < -0.4 is 0 Å². The molecule has 0 bridgehead atoms. The third-order valence-electron chi connectivity index (χ3n) is 2.30. The van der Waals surface area contributed by atoms with Crippen LogP contribution in [-0.4, -0.2) is 33.6 Å². The Morgan fingerprint density at radius 3 is 2.07 bits per heavy atom. The van der Waals surface area contributed by atoms with Crippen molar-refractivity contribution in [2.24, 2.45) is 0 Å². The molecule has 0 heterocycles. The van der Waals surface area contributed by atoms with Gasteiger partial charge in [-0.05, 0) is 13.3 Å². The highest BCUT2D eigenvalue weighted by atomic mass is 16.7. The van der Waals surface area contributed by atoms with Crippen LogP contribution in [0.4, 0.5) is 0 Å². The van der Waals surface area contributed by atoms with Gasteiger partial charge in [0.2, 0.25) is 0 Å². The van der Waals surface area contributed by atoms with Gasteiger partial charge in [0.05, 0.1) is 7.11 Å². The molecule has 0 aliphatic rings. The van der Waals surface area contributed by atoms with Crippen LogP contribution in [0.1, 0.15) is 26.7 Å². The smallest absolute Gasteiger partial charge is 0.333 e. The number of esters is 1. The van der Waals surface area contributed by atoms with Gasteiger partial charge in [-0.3, -0.25) is 0 Å². The Labute approximate surface area is 91.2 Å². The van der Waals surface area contributed by atoms with Crippen molar-refractivity contribution in [3.05, 3.63) is 11.1 Å². The number of carbonyl (C=O) groups excluding carboxylic acids is 1. The average Bonchev–Trinajstić information content (AvgIpc) is 2.26. The topological polar surface area (TPSA) is 44.8 Å². The van der Waals surface area contributed by atoms with E-state index in [0.29, 0.717) is 18.4 Å². The molecule has 0 spiro atoms. The zero-order chi connectivity index (χ0) is 11.8. The molecular formula is C11H20O4. The molecule has 4 nitrogen and oxygen atoms in total. The largest absolute Gasteiger partial charge is 0.466 e. The van der Waals surface area contributed by atoms with Gasteiger partial charge in [-0.2, -0.15) is 0 Å². The van der Waals surface area contributed by atoms with Gasteiger partial charge in [0, 0.05) is 26.2 Å². The van der Waals surface area contributed by atoms with Crippen molar-refractivity contribution in [2.45, 2.75) is 33.0 Å². The summed E-state index contributed by atoms with van der Waals surface area (Å²) in [7, 11) is 4.53. The Bertz CT molecular complexity index is 229. The molecule has 0 fully saturated rings. The van der Waals surface area contributed by atoms with Crippen LogP contribution in [0.5, 0.6) is 0 Å². The van der Waals surface area contributed by atoms with Crippen LogP contribution in [0, 0.1) is 0 Å². The van der Waals surface area contributed by atoms with Gasteiger partial charge in [-0.25, -0.2) is 4.79 Å². The first-order valence-corrected chi connectivity index (χ1v) is 4.93. The van der Waals surface area contributed by atoms with E-state index in [1.165, 1.54) is 7.11 Å². The monoisotopic (exact) mass is 216 g/mol. The molecule has 0 radical (unpaired) electrons. The first-order valence-electron chi connectivity index (χ1n) is 4.93. The maximum absolute atomic E-state index is 11.4. The van der Waals surface area contributed by atoms with Crippen molar-refractivity contribution >= 4 is 5.97 Å². The minimum absolute atomic E-state index is 0.277. The van der Waals surface area contributed by atoms with Gasteiger partial charge in [-0.15, -0.1) is 0 Å². The number of hydrogen-bond donors (Lipinski definition) is 0. The van der Waals surface area contributed by atoms with Gasteiger partial charge in [0.1, 0.15) is 0 Å². The Kier molecular flexibility index (Phi) is 6.99. The van der Waals surface area contributed by atoms with E-state index in [1.807, 2.05) is 13.8 Å². The lowest BCUT2D eigenvalue weighted by atomic mass is 10.0. The number of hydrogen-bond acceptors (Lipinski definition) is 4. The Morgan fingerprint density at radius 2 is 1.73 bits per heavy atom. The van der Waals surface area contributed by atoms with Crippen molar-refractivity contribution < 1.29 is 19.0 Å². The van der Waals surface area contributed by atoms with Crippen molar-refractivity contribution in [2.75, 3.05) is 21.3 Å². The predicted octanol–water partition coefficient (Wildman–Crippen LogP) is 1.89. The summed E-state index contributed by atoms with van der Waals surface area (Å²) >= 11 is 0. The number of ether oxygens (including phenoxy) is 3. The molecule has 0 aliphatic heterocycles. The fraction of sp³-hybridized carbons (Fsp3) is 0.727. The summed E-state index contributed by atoms with van der Waals surface area (Å²) in [6.07, 6.45) is 0.917. The van der Waals surface area contributed by atoms with Crippen molar-refractivity contribution in [3.8, 4) is 0 Å². The molecule has 0 aromatic heterocycles. The summed E-state index contributed by atoms with van der Waals surface area (Å²) < 4.78 is 14.8. The molecule has 0 rings (SSSR count). The summed E-state index contributed by atoms with van der Waals surface area (Å²) in [6.45, 7) is 3.81. The molecule has 0 aromatic carbocycles. The Hall–Kier alpha value is -0.870. The highest BCUT2D eigenvalue weighted by Gasteiger charge is 2.14. The summed E-state index contributed by atoms with van der Waals surface area (Å²) in [4.78, 5) is 11.4. The van der Waals surface area contributed by atoms with Crippen molar-refractivity contribution in [1.82, 2.24) is 0 Å². The maximum Gasteiger partial charge on any atom is 0.333 e. The van der Waals surface area contributed by atoms with Crippen LogP contribution in [-0.2, 0) is 19.0 Å². The first-order chi connectivity index (χ1) is 7.10. The standard InChI is InChI=1S/C11H20O4/c1-6-9(11(12)15-5)8(2)7-10(13-3)14-4/h10H,6-7H2,1-5H3/b9-8+. The normalized spacial score (nSPS) is 12.7. The second-order valence-electron chi connectivity index (χ2n) is 3.21. The molecule has 0 aromatic rings. The SMILES string of the molecule is CC/C(C(=O)OC)=C(/C)CC(OC)OC. The first kappa shape index (κ1) is 14.1. The van der Waals surface area contributed by atoms with Gasteiger partial charge < -0.3 is 14.2 Å². The van der Waals surface area contributed by atoms with Crippen molar-refractivity contribution in [3.63, 3.8) is 0 Å². The van der Waals surface area contributed by atoms with E-state index in [-0.39, 0.29) is 12.3 Å². The third kappa shape index (κ3) is 4.44. The van der Waals surface area contributed by atoms with Crippen LogP contribution >= 0.6 is 0 Å². The number of carbonyl (C=O) groups is 1. The quantitative estimate of drug-likeness (QED) is 0.386. The lowest BCUT2D eigenvalue weighted by molar-refractivity contribution is -0.136. The molecule has 88 valence electrons. The Balaban J connectivity index is 4.64. The number of rotatable bonds is 6. The fourth-order valence-electron chi connectivity index (χ4n) is 1.38. The summed E-state index contributed by atoms with van der Waals surface area (Å²) in [5.74, 6) is -0.277. The molecule has 0 amide bonds. The average molecular weight is 216 g/mol. The van der Waals surface area contributed by atoms with Gasteiger partial charge >= 0.3 is 5.97 Å². The molecule has 0 unspecified atom stereocenters. The van der Waals surface area contributed by atoms with Gasteiger partial charge in [0.25, 0.3) is 0 Å². The van der Waals surface area contributed by atoms with Gasteiger partial charge in [0.15, 0.2) is 6.29 Å². The lowest BCUT2D eigenvalue weighted by Crippen LogP contribution is -2.15. The number of methoxy groups -OCH3 is 3. The fourth-order valence-corrected chi connectivity index (χ4v) is 1.38. The zero-order valence-corrected chi connectivity index (χ0v) is 10.1. The highest BCUT2D eigenvalue weighted by molar-refractivity contribution is 5.89. The minimum atomic E-state index is -0.309. The minimum Gasteiger partial charge on any atom is -0.466 e. The second-order valence-corrected chi connectivity index (χ2v) is 3.21. The molecule has 0 saturated carbocycles. The summed E-state index contributed by atoms with van der Waals surface area (Å²) in [5.41, 5.74) is 1.63. The Morgan fingerprint density at radius 1 is 1.20 bits per heavy atom. The lowest BCUT2D eigenvalue weighted by Gasteiger charge is -2.15. The third-order valence-corrected chi connectivity index (χ3v) is 2.30. The van der Waals surface area contributed by atoms with Crippen LogP contribution in [0.15, 0.2) is 11.1 Å². The molecule has 15 heavy (non-hydrogen) atoms. The van der Waals surface area contributed by atoms with E-state index >= 15 is 0 Å². The molecule has 0 saturated heterocycles. The molecule has 4 heteroatoms. The molecular weight excluding hydrogens is 196 g/mol. The summed E-state index contributed by atoms with van der Waals surface area (Å²) in [5, 5.41) is 0. The van der Waals surface area contributed by atoms with Crippen LogP contribution in [0.3, 0.4) is 0 Å². The van der Waals surface area contributed by atoms with Crippen molar-refractivity contribution in [1.29, 1.82) is 0 Å². The highest BCUT2D eigenvalue weighted by Crippen LogP contribution is 2.16. The van der Waals surface area contributed by atoms with Gasteiger partial charge in [-0.1, -0.05) is 12.5 Å². The van der Waals surface area contributed by atoms with E-state index < -0.39 is 0 Å². The maximum atomic E-state index is 11.4. The van der Waals surface area contributed by atoms with Crippen LogP contribution in [0.2, 0.25) is 0 Å². The predicted molar refractivity (Wildman–Crippen MR) is 57.4 cm³/mol. The summed E-state index contributed by atoms with van der Waals surface area (Å²) in [6, 6.07) is 0. The molecule has 0 aliphatic carbocycles. The van der Waals surface area contributed by atoms with E-state index in [9.17, 15) is 4.79 Å².